The minimum absolute atomic E-state index is 0.161. The largest absolute Gasteiger partial charge is 0.480 e. The minimum Gasteiger partial charge on any atom is -0.480 e. The van der Waals surface area contributed by atoms with Crippen LogP contribution in [0.4, 0.5) is 0 Å². The fourth-order valence-electron chi connectivity index (χ4n) is 6.10. The highest BCUT2D eigenvalue weighted by Crippen LogP contribution is 2.43. The Morgan fingerprint density at radius 2 is 0.911 bits per heavy atom. The van der Waals surface area contributed by atoms with Gasteiger partial charge >= 0.3 is 25.7 Å². The number of aliphatic carboxylic acids is 1. The topological polar surface area (TPSA) is 172 Å². The number of phosphoric acid groups is 1. The van der Waals surface area contributed by atoms with Crippen LogP contribution in [0.3, 0.4) is 0 Å². The maximum Gasteiger partial charge on any atom is 0.472 e. The summed E-state index contributed by atoms with van der Waals surface area (Å²) < 4.78 is 32.7. The number of carboxylic acid groups (broad SMARTS) is 1. The van der Waals surface area contributed by atoms with E-state index in [0.29, 0.717) is 12.8 Å². The number of phosphoric ester groups is 1. The Bertz CT molecular complexity index is 1050. The zero-order chi connectivity index (χ0) is 41.4. The van der Waals surface area contributed by atoms with Crippen LogP contribution in [-0.4, -0.2) is 59.9 Å². The molecule has 0 bridgehead atoms. The maximum absolute atomic E-state index is 12.6. The molecule has 0 saturated heterocycles. The van der Waals surface area contributed by atoms with Crippen LogP contribution < -0.4 is 5.73 Å². The molecule has 12 heteroatoms. The van der Waals surface area contributed by atoms with Crippen LogP contribution in [0, 0.1) is 0 Å². The molecule has 3 atom stereocenters. The van der Waals surface area contributed by atoms with Gasteiger partial charge in [0.1, 0.15) is 12.6 Å². The summed E-state index contributed by atoms with van der Waals surface area (Å²) in [6.45, 7) is 2.77. The molecule has 0 aliphatic carbocycles. The second-order valence-corrected chi connectivity index (χ2v) is 16.6. The highest BCUT2D eigenvalue weighted by atomic mass is 31.2. The van der Waals surface area contributed by atoms with Crippen LogP contribution in [0.25, 0.3) is 0 Å². The number of hydrogen-bond donors (Lipinski definition) is 3. The van der Waals surface area contributed by atoms with E-state index >= 15 is 0 Å². The fraction of sp³-hybridized carbons (Fsp3) is 0.841. The summed E-state index contributed by atoms with van der Waals surface area (Å²) in [5, 5.41) is 8.89. The number of carboxylic acids is 1. The molecular weight excluding hydrogens is 733 g/mol. The summed E-state index contributed by atoms with van der Waals surface area (Å²) in [7, 11) is -4.71. The number of rotatable bonds is 42. The number of carbonyl (C=O) groups excluding carboxylic acids is 2. The van der Waals surface area contributed by atoms with Gasteiger partial charge in [0, 0.05) is 12.8 Å². The summed E-state index contributed by atoms with van der Waals surface area (Å²) in [4.78, 5) is 46.0. The van der Waals surface area contributed by atoms with E-state index < -0.39 is 51.1 Å². The van der Waals surface area contributed by atoms with E-state index in [2.05, 4.69) is 42.7 Å². The van der Waals surface area contributed by atoms with Crippen molar-refractivity contribution in [1.29, 1.82) is 0 Å². The fourth-order valence-corrected chi connectivity index (χ4v) is 6.88. The van der Waals surface area contributed by atoms with E-state index in [9.17, 15) is 23.8 Å². The smallest absolute Gasteiger partial charge is 0.472 e. The monoisotopic (exact) mass is 816 g/mol. The molecule has 0 aromatic rings. The zero-order valence-corrected chi connectivity index (χ0v) is 36.4. The Morgan fingerprint density at radius 1 is 0.536 bits per heavy atom. The van der Waals surface area contributed by atoms with Crippen molar-refractivity contribution in [2.75, 3.05) is 19.8 Å². The molecule has 0 aromatic heterocycles. The molecule has 0 radical (unpaired) electrons. The minimum atomic E-state index is -4.71. The van der Waals surface area contributed by atoms with Crippen LogP contribution in [0.15, 0.2) is 24.3 Å². The van der Waals surface area contributed by atoms with Crippen LogP contribution in [0.5, 0.6) is 0 Å². The average Bonchev–Trinajstić information content (AvgIpc) is 3.17. The first-order chi connectivity index (χ1) is 27.1. The number of unbranched alkanes of at least 4 members (excludes halogenated alkanes) is 24. The predicted molar refractivity (Wildman–Crippen MR) is 226 cm³/mol. The van der Waals surface area contributed by atoms with Gasteiger partial charge in [-0.2, -0.15) is 0 Å². The molecule has 0 fully saturated rings. The van der Waals surface area contributed by atoms with Gasteiger partial charge in [0.2, 0.25) is 0 Å². The molecule has 1 unspecified atom stereocenters. The molecule has 0 saturated carbocycles. The van der Waals surface area contributed by atoms with Crippen LogP contribution in [0.1, 0.15) is 206 Å². The van der Waals surface area contributed by atoms with Crippen molar-refractivity contribution in [3.8, 4) is 0 Å². The van der Waals surface area contributed by atoms with Crippen molar-refractivity contribution in [2.45, 2.75) is 219 Å². The second kappa shape index (κ2) is 39.8. The first-order valence-corrected chi connectivity index (χ1v) is 23.9. The van der Waals surface area contributed by atoms with E-state index in [1.807, 2.05) is 0 Å². The Balaban J connectivity index is 4.33. The summed E-state index contributed by atoms with van der Waals surface area (Å²) >= 11 is 0. The normalized spacial score (nSPS) is 13.9. The van der Waals surface area contributed by atoms with Gasteiger partial charge in [-0.15, -0.1) is 0 Å². The maximum atomic E-state index is 12.6. The van der Waals surface area contributed by atoms with Gasteiger partial charge in [-0.1, -0.05) is 160 Å². The summed E-state index contributed by atoms with van der Waals surface area (Å²) in [5.41, 5.74) is 5.33. The summed E-state index contributed by atoms with van der Waals surface area (Å²) in [6.07, 6.45) is 40.9. The van der Waals surface area contributed by atoms with E-state index in [-0.39, 0.29) is 19.4 Å². The third-order valence-electron chi connectivity index (χ3n) is 9.67. The summed E-state index contributed by atoms with van der Waals surface area (Å²) in [5.74, 6) is -2.38. The Hall–Kier alpha value is -2.04. The molecule has 4 N–H and O–H groups in total. The first kappa shape index (κ1) is 54.0. The summed E-state index contributed by atoms with van der Waals surface area (Å²) in [6, 6.07) is -1.52. The molecule has 328 valence electrons. The molecule has 0 rings (SSSR count). The van der Waals surface area contributed by atoms with Gasteiger partial charge < -0.3 is 25.2 Å². The number of carbonyl (C=O) groups is 3. The van der Waals surface area contributed by atoms with Gasteiger partial charge in [-0.3, -0.25) is 23.4 Å². The van der Waals surface area contributed by atoms with E-state index in [0.717, 1.165) is 38.5 Å². The number of hydrogen-bond acceptors (Lipinski definition) is 9. The SMILES string of the molecule is CCCC/C=C/CCCCCCCCCCCC(=O)OC[C@H](COP(=O)(O)OC[C@H](N)C(=O)O)OC(=O)CCCCCCCCCCC/C=C/CCCCCC. The quantitative estimate of drug-likeness (QED) is 0.0232. The lowest BCUT2D eigenvalue weighted by Gasteiger charge is -2.20. The van der Waals surface area contributed by atoms with Crippen molar-refractivity contribution in [3.05, 3.63) is 24.3 Å². The molecule has 0 aromatic carbocycles. The molecule has 56 heavy (non-hydrogen) atoms. The number of allylic oxidation sites excluding steroid dienone is 4. The highest BCUT2D eigenvalue weighted by molar-refractivity contribution is 7.47. The molecule has 0 amide bonds. The second-order valence-electron chi connectivity index (χ2n) is 15.2. The highest BCUT2D eigenvalue weighted by Gasteiger charge is 2.28. The van der Waals surface area contributed by atoms with Crippen molar-refractivity contribution >= 4 is 25.7 Å². The Kier molecular flexibility index (Phi) is 38.3. The van der Waals surface area contributed by atoms with E-state index in [4.69, 9.17) is 24.8 Å². The Labute approximate surface area is 340 Å². The molecule has 0 aliphatic heterocycles. The number of nitrogens with two attached hydrogens (primary N) is 1. The molecule has 11 nitrogen and oxygen atoms in total. The number of esters is 2. The zero-order valence-electron chi connectivity index (χ0n) is 35.5. The van der Waals surface area contributed by atoms with E-state index in [1.165, 1.54) is 128 Å². The van der Waals surface area contributed by atoms with Gasteiger partial charge in [0.25, 0.3) is 0 Å². The van der Waals surface area contributed by atoms with Crippen molar-refractivity contribution < 1.29 is 47.5 Å². The standard InChI is InChI=1S/C44H82NO10P/c1-3-5-7-9-11-13-15-17-19-20-22-24-26-28-30-32-34-36-43(47)55-40(38-53-56(50,51)54-39-41(45)44(48)49)37-52-42(46)35-33-31-29-27-25-23-21-18-16-14-12-10-8-6-4-2/h10,12-13,15,40-41H,3-9,11,14,16-39,45H2,1-2H3,(H,48,49)(H,50,51)/b12-10+,15-13+/t40-,41+/m1/s1. The third-order valence-corrected chi connectivity index (χ3v) is 10.6. The van der Waals surface area contributed by atoms with Crippen LogP contribution in [-0.2, 0) is 37.5 Å². The molecular formula is C44H82NO10P. The lowest BCUT2D eigenvalue weighted by molar-refractivity contribution is -0.161. The molecule has 0 heterocycles. The first-order valence-electron chi connectivity index (χ1n) is 22.4. The van der Waals surface area contributed by atoms with Gasteiger partial charge in [-0.05, 0) is 57.8 Å². The molecule has 0 aliphatic rings. The van der Waals surface area contributed by atoms with Crippen molar-refractivity contribution in [1.82, 2.24) is 0 Å². The van der Waals surface area contributed by atoms with Crippen LogP contribution in [0.2, 0.25) is 0 Å². The third kappa shape index (κ3) is 38.8. The van der Waals surface area contributed by atoms with Crippen molar-refractivity contribution in [2.24, 2.45) is 5.73 Å². The van der Waals surface area contributed by atoms with Crippen molar-refractivity contribution in [3.63, 3.8) is 0 Å². The van der Waals surface area contributed by atoms with Gasteiger partial charge in [0.05, 0.1) is 13.2 Å². The lowest BCUT2D eigenvalue weighted by atomic mass is 10.1. The van der Waals surface area contributed by atoms with Crippen LogP contribution >= 0.6 is 7.82 Å². The predicted octanol–water partition coefficient (Wildman–Crippen LogP) is 11.8. The number of ether oxygens (including phenoxy) is 2. The Morgan fingerprint density at radius 3 is 1.36 bits per heavy atom. The van der Waals surface area contributed by atoms with Gasteiger partial charge in [0.15, 0.2) is 6.10 Å². The van der Waals surface area contributed by atoms with Gasteiger partial charge in [-0.25, -0.2) is 4.57 Å². The lowest BCUT2D eigenvalue weighted by Crippen LogP contribution is -2.34. The van der Waals surface area contributed by atoms with E-state index in [1.54, 1.807) is 0 Å². The molecule has 0 spiro atoms. The average molecular weight is 816 g/mol.